The van der Waals surface area contributed by atoms with E-state index in [2.05, 4.69) is 11.4 Å². The van der Waals surface area contributed by atoms with Crippen LogP contribution in [0.2, 0.25) is 0 Å². The molecule has 0 N–H and O–H groups in total. The molecule has 0 spiro atoms. The first-order chi connectivity index (χ1) is 7.79. The molecule has 3 saturated carbocycles. The predicted molar refractivity (Wildman–Crippen MR) is 72.9 cm³/mol. The molecule has 0 saturated heterocycles. The van der Waals surface area contributed by atoms with Crippen molar-refractivity contribution in [3.63, 3.8) is 0 Å². The first kappa shape index (κ1) is 11.8. The van der Waals surface area contributed by atoms with Crippen LogP contribution in [0, 0.1) is 0 Å². The van der Waals surface area contributed by atoms with Crippen molar-refractivity contribution in [3.8, 4) is 0 Å². The fourth-order valence-electron chi connectivity index (χ4n) is 1.84. The number of hydrogen-bond acceptors (Lipinski definition) is 2. The minimum absolute atomic E-state index is 0.463. The Morgan fingerprint density at radius 3 is 2.06 bits per heavy atom. The van der Waals surface area contributed by atoms with Crippen LogP contribution in [0.3, 0.4) is 0 Å². The molecule has 0 aliphatic heterocycles. The zero-order valence-corrected chi connectivity index (χ0v) is 12.1. The SMILES string of the molecule is C[C@H](CN(PC1CC1)PC1CC1)OC1CC1. The highest BCUT2D eigenvalue weighted by atomic mass is 31.1. The first-order valence-corrected chi connectivity index (χ1v) is 8.80. The molecule has 3 aliphatic carbocycles. The zero-order valence-electron chi connectivity index (χ0n) is 10.1. The molecule has 3 rings (SSSR count). The van der Waals surface area contributed by atoms with E-state index in [0.717, 1.165) is 28.8 Å². The lowest BCUT2D eigenvalue weighted by Crippen LogP contribution is -2.23. The monoisotopic (exact) mass is 259 g/mol. The van der Waals surface area contributed by atoms with Crippen molar-refractivity contribution in [3.05, 3.63) is 0 Å². The number of hydrogen-bond donors (Lipinski definition) is 0. The van der Waals surface area contributed by atoms with Gasteiger partial charge >= 0.3 is 0 Å². The molecule has 0 aromatic heterocycles. The van der Waals surface area contributed by atoms with Crippen LogP contribution in [-0.2, 0) is 4.74 Å². The van der Waals surface area contributed by atoms with Crippen molar-refractivity contribution in [2.45, 2.75) is 69.0 Å². The molecule has 2 unspecified atom stereocenters. The molecular formula is C12H23NOP2. The molecule has 3 aliphatic rings. The van der Waals surface area contributed by atoms with Crippen LogP contribution in [0.25, 0.3) is 0 Å². The number of ether oxygens (including phenoxy) is 1. The van der Waals surface area contributed by atoms with Gasteiger partial charge in [-0.3, -0.25) is 4.44 Å². The Labute approximate surface area is 103 Å². The summed E-state index contributed by atoms with van der Waals surface area (Å²) >= 11 is 0. The van der Waals surface area contributed by atoms with Crippen molar-refractivity contribution >= 4 is 17.5 Å². The summed E-state index contributed by atoms with van der Waals surface area (Å²) in [5.74, 6) is 0. The van der Waals surface area contributed by atoms with Gasteiger partial charge in [-0.1, -0.05) is 0 Å². The summed E-state index contributed by atoms with van der Waals surface area (Å²) in [7, 11) is 2.20. The Morgan fingerprint density at radius 2 is 1.62 bits per heavy atom. The molecule has 0 amide bonds. The van der Waals surface area contributed by atoms with Gasteiger partial charge in [0.05, 0.1) is 12.2 Å². The van der Waals surface area contributed by atoms with E-state index in [9.17, 15) is 0 Å². The van der Waals surface area contributed by atoms with E-state index in [0.29, 0.717) is 12.2 Å². The summed E-state index contributed by atoms with van der Waals surface area (Å²) in [5.41, 5.74) is 2.11. The van der Waals surface area contributed by atoms with Gasteiger partial charge in [0.15, 0.2) is 0 Å². The van der Waals surface area contributed by atoms with Gasteiger partial charge in [-0.25, -0.2) is 0 Å². The van der Waals surface area contributed by atoms with E-state index in [1.165, 1.54) is 45.1 Å². The molecule has 0 heterocycles. The van der Waals surface area contributed by atoms with Crippen LogP contribution >= 0.6 is 17.5 Å². The molecule has 3 atom stereocenters. The van der Waals surface area contributed by atoms with E-state index >= 15 is 0 Å². The summed E-state index contributed by atoms with van der Waals surface area (Å²) in [6, 6.07) is 0. The standard InChI is InChI=1S/C12H23NOP2/c1-9(14-10-2-3-10)8-13(15-11-4-5-11)16-12-6-7-12/h9-12,15-16H,2-8H2,1H3/t9-/m1/s1. The summed E-state index contributed by atoms with van der Waals surface area (Å²) < 4.78 is 8.70. The number of nitrogens with zero attached hydrogens (tertiary/aromatic N) is 1. The van der Waals surface area contributed by atoms with Gasteiger partial charge in [0.1, 0.15) is 0 Å². The minimum atomic E-state index is 0.463. The highest BCUT2D eigenvalue weighted by Gasteiger charge is 2.31. The molecular weight excluding hydrogens is 236 g/mol. The Balaban J connectivity index is 1.41. The van der Waals surface area contributed by atoms with Crippen molar-refractivity contribution < 1.29 is 4.74 Å². The maximum atomic E-state index is 5.96. The Bertz CT molecular complexity index is 225. The minimum Gasteiger partial charge on any atom is -0.374 e. The van der Waals surface area contributed by atoms with Gasteiger partial charge in [0.25, 0.3) is 0 Å². The van der Waals surface area contributed by atoms with E-state index in [4.69, 9.17) is 4.74 Å². The highest BCUT2D eigenvalue weighted by molar-refractivity contribution is 7.52. The molecule has 0 bridgehead atoms. The third-order valence-corrected chi connectivity index (χ3v) is 6.87. The Hall–Kier alpha value is 0.780. The summed E-state index contributed by atoms with van der Waals surface area (Å²) in [6.45, 7) is 3.46. The van der Waals surface area contributed by atoms with Gasteiger partial charge in [0.2, 0.25) is 0 Å². The van der Waals surface area contributed by atoms with Crippen LogP contribution in [0.1, 0.15) is 45.4 Å². The van der Waals surface area contributed by atoms with Gasteiger partial charge in [-0.05, 0) is 74.2 Å². The maximum absolute atomic E-state index is 5.96. The third kappa shape index (κ3) is 4.22. The van der Waals surface area contributed by atoms with Crippen LogP contribution in [0.4, 0.5) is 0 Å². The second kappa shape index (κ2) is 5.19. The highest BCUT2D eigenvalue weighted by Crippen LogP contribution is 2.52. The average Bonchev–Trinajstić information content (AvgIpc) is 3.07. The second-order valence-electron chi connectivity index (χ2n) is 5.56. The van der Waals surface area contributed by atoms with Gasteiger partial charge in [-0.15, -0.1) is 0 Å². The first-order valence-electron chi connectivity index (χ1n) is 6.75. The van der Waals surface area contributed by atoms with Crippen LogP contribution in [0.15, 0.2) is 0 Å². The lowest BCUT2D eigenvalue weighted by atomic mass is 10.4. The van der Waals surface area contributed by atoms with E-state index in [-0.39, 0.29) is 0 Å². The Morgan fingerprint density at radius 1 is 1.06 bits per heavy atom. The number of rotatable bonds is 8. The lowest BCUT2D eigenvalue weighted by molar-refractivity contribution is 0.0494. The molecule has 4 heteroatoms. The topological polar surface area (TPSA) is 12.5 Å². The van der Waals surface area contributed by atoms with E-state index in [1.807, 2.05) is 0 Å². The van der Waals surface area contributed by atoms with E-state index in [1.54, 1.807) is 0 Å². The average molecular weight is 259 g/mol. The second-order valence-corrected chi connectivity index (χ2v) is 9.24. The maximum Gasteiger partial charge on any atom is 0.0684 e. The third-order valence-electron chi connectivity index (χ3n) is 3.22. The van der Waals surface area contributed by atoms with Crippen LogP contribution in [0.5, 0.6) is 0 Å². The van der Waals surface area contributed by atoms with Crippen molar-refractivity contribution in [2.24, 2.45) is 0 Å². The quantitative estimate of drug-likeness (QED) is 0.620. The molecule has 16 heavy (non-hydrogen) atoms. The molecule has 92 valence electrons. The molecule has 0 aromatic carbocycles. The lowest BCUT2D eigenvalue weighted by Gasteiger charge is -2.25. The largest absolute Gasteiger partial charge is 0.374 e. The molecule has 2 nitrogen and oxygen atoms in total. The molecule has 0 aromatic rings. The predicted octanol–water partition coefficient (Wildman–Crippen LogP) is 3.37. The van der Waals surface area contributed by atoms with E-state index < -0.39 is 0 Å². The van der Waals surface area contributed by atoms with Crippen LogP contribution < -0.4 is 0 Å². The van der Waals surface area contributed by atoms with Gasteiger partial charge in [-0.2, -0.15) is 0 Å². The fourth-order valence-corrected chi connectivity index (χ4v) is 5.69. The van der Waals surface area contributed by atoms with Crippen molar-refractivity contribution in [1.82, 2.24) is 4.44 Å². The Kier molecular flexibility index (Phi) is 3.84. The normalized spacial score (nSPS) is 28.9. The summed E-state index contributed by atoms with van der Waals surface area (Å²) in [4.78, 5) is 0. The smallest absolute Gasteiger partial charge is 0.0684 e. The van der Waals surface area contributed by atoms with Crippen LogP contribution in [-0.4, -0.2) is 34.5 Å². The van der Waals surface area contributed by atoms with Gasteiger partial charge < -0.3 is 4.74 Å². The van der Waals surface area contributed by atoms with Crippen molar-refractivity contribution in [1.29, 1.82) is 0 Å². The van der Waals surface area contributed by atoms with Crippen molar-refractivity contribution in [2.75, 3.05) is 6.54 Å². The fraction of sp³-hybridized carbons (Fsp3) is 1.00. The zero-order chi connectivity index (χ0) is 11.0. The summed E-state index contributed by atoms with van der Waals surface area (Å²) in [5, 5.41) is 0. The summed E-state index contributed by atoms with van der Waals surface area (Å²) in [6.07, 6.45) is 9.64. The molecule has 3 fully saturated rings. The van der Waals surface area contributed by atoms with Gasteiger partial charge in [0, 0.05) is 6.54 Å². The molecule has 0 radical (unpaired) electrons.